The van der Waals surface area contributed by atoms with E-state index in [1.54, 1.807) is 6.07 Å². The number of aromatic nitrogens is 2. The van der Waals surface area contributed by atoms with Gasteiger partial charge in [-0.3, -0.25) is 0 Å². The highest BCUT2D eigenvalue weighted by Gasteiger charge is 2.40. The highest BCUT2D eigenvalue weighted by atomic mass is 35.5. The van der Waals surface area contributed by atoms with Gasteiger partial charge in [-0.25, -0.2) is 9.48 Å². The molecule has 9 heteroatoms. The van der Waals surface area contributed by atoms with Crippen molar-refractivity contribution >= 4 is 17.7 Å². The molecular formula is C24H17ClF3N3O2. The number of amides is 1. The first-order valence-corrected chi connectivity index (χ1v) is 10.2. The number of halogens is 4. The van der Waals surface area contributed by atoms with Gasteiger partial charge in [-0.1, -0.05) is 60.1 Å². The van der Waals surface area contributed by atoms with Crippen LogP contribution in [0, 0.1) is 0 Å². The average molecular weight is 472 g/mol. The molecule has 33 heavy (non-hydrogen) atoms. The third-order valence-electron chi connectivity index (χ3n) is 4.75. The van der Waals surface area contributed by atoms with E-state index in [9.17, 15) is 18.0 Å². The topological polar surface area (TPSA) is 56.1 Å². The molecule has 168 valence electrons. The maximum atomic E-state index is 13.7. The summed E-state index contributed by atoms with van der Waals surface area (Å²) < 4.78 is 46.8. The van der Waals surface area contributed by atoms with Crippen LogP contribution in [0.1, 0.15) is 11.3 Å². The fourth-order valence-corrected chi connectivity index (χ4v) is 3.37. The van der Waals surface area contributed by atoms with Gasteiger partial charge in [0.25, 0.3) is 0 Å². The number of carbonyl (C=O) groups is 1. The first-order valence-electron chi connectivity index (χ1n) is 9.82. The second-order valence-electron chi connectivity index (χ2n) is 7.05. The molecule has 5 nitrogen and oxygen atoms in total. The third-order valence-corrected chi connectivity index (χ3v) is 5.00. The number of hydrogen-bond donors (Lipinski definition) is 1. The largest absolute Gasteiger partial charge is 0.437 e. The van der Waals surface area contributed by atoms with E-state index in [-0.39, 0.29) is 12.2 Å². The van der Waals surface area contributed by atoms with Crippen molar-refractivity contribution in [3.05, 3.63) is 101 Å². The van der Waals surface area contributed by atoms with Crippen molar-refractivity contribution in [3.63, 3.8) is 0 Å². The molecule has 0 saturated heterocycles. The molecule has 1 aromatic heterocycles. The van der Waals surface area contributed by atoms with Crippen LogP contribution >= 0.6 is 11.6 Å². The zero-order chi connectivity index (χ0) is 23.4. The van der Waals surface area contributed by atoms with E-state index in [1.807, 2.05) is 48.5 Å². The summed E-state index contributed by atoms with van der Waals surface area (Å²) in [7, 11) is 0. The number of carbonyl (C=O) groups excluding carboxylic acids is 1. The highest BCUT2D eigenvalue weighted by molar-refractivity contribution is 6.30. The SMILES string of the molecule is O=C(NCc1cccc(-c2ccccc2)c1)Oc1cnn(-c2ccc(Cl)cc2)c1C(F)(F)F. The Labute approximate surface area is 192 Å². The lowest BCUT2D eigenvalue weighted by atomic mass is 10.0. The zero-order valence-corrected chi connectivity index (χ0v) is 17.8. The van der Waals surface area contributed by atoms with Gasteiger partial charge in [0.05, 0.1) is 11.9 Å². The van der Waals surface area contributed by atoms with Crippen LogP contribution in [0.2, 0.25) is 5.02 Å². The van der Waals surface area contributed by atoms with Gasteiger partial charge in [-0.05, 0) is 47.0 Å². The molecule has 0 saturated carbocycles. The predicted molar refractivity (Wildman–Crippen MR) is 118 cm³/mol. The molecule has 1 amide bonds. The Morgan fingerprint density at radius 1 is 0.970 bits per heavy atom. The number of nitrogens with one attached hydrogen (secondary N) is 1. The fraction of sp³-hybridized carbons (Fsp3) is 0.0833. The lowest BCUT2D eigenvalue weighted by Gasteiger charge is -2.13. The number of alkyl halides is 3. The Bertz CT molecular complexity index is 1260. The number of hydrogen-bond acceptors (Lipinski definition) is 3. The number of nitrogens with zero attached hydrogens (tertiary/aromatic N) is 2. The van der Waals surface area contributed by atoms with Crippen LogP contribution in [0.15, 0.2) is 85.1 Å². The monoisotopic (exact) mass is 471 g/mol. The summed E-state index contributed by atoms with van der Waals surface area (Å²) in [5, 5.41) is 6.59. The van der Waals surface area contributed by atoms with Crippen molar-refractivity contribution < 1.29 is 22.7 Å². The Morgan fingerprint density at radius 2 is 1.67 bits per heavy atom. The van der Waals surface area contributed by atoms with Gasteiger partial charge in [-0.15, -0.1) is 0 Å². The van der Waals surface area contributed by atoms with Crippen LogP contribution in [0.3, 0.4) is 0 Å². The molecule has 4 aromatic rings. The van der Waals surface area contributed by atoms with Gasteiger partial charge in [0.1, 0.15) is 0 Å². The Hall–Kier alpha value is -3.78. The lowest BCUT2D eigenvalue weighted by Crippen LogP contribution is -2.27. The van der Waals surface area contributed by atoms with Crippen LogP contribution in [0.4, 0.5) is 18.0 Å². The second-order valence-corrected chi connectivity index (χ2v) is 7.49. The summed E-state index contributed by atoms with van der Waals surface area (Å²) in [5.41, 5.74) is 1.64. The van der Waals surface area contributed by atoms with Crippen molar-refractivity contribution in [1.82, 2.24) is 15.1 Å². The fourth-order valence-electron chi connectivity index (χ4n) is 3.25. The van der Waals surface area contributed by atoms with Gasteiger partial charge < -0.3 is 10.1 Å². The van der Waals surface area contributed by atoms with Gasteiger partial charge >= 0.3 is 12.3 Å². The highest BCUT2D eigenvalue weighted by Crippen LogP contribution is 2.37. The Balaban J connectivity index is 1.49. The second kappa shape index (κ2) is 9.38. The standard InChI is InChI=1S/C24H17ClF3N3O2/c25-19-9-11-20(12-10-19)31-22(24(26,27)28)21(15-30-31)33-23(32)29-14-16-5-4-8-18(13-16)17-6-2-1-3-7-17/h1-13,15H,14H2,(H,29,32). The van der Waals surface area contributed by atoms with Gasteiger partial charge in [0, 0.05) is 11.6 Å². The van der Waals surface area contributed by atoms with Crippen molar-refractivity contribution in [1.29, 1.82) is 0 Å². The summed E-state index contributed by atoms with van der Waals surface area (Å²) in [4.78, 5) is 12.3. The van der Waals surface area contributed by atoms with Crippen LogP contribution in [-0.4, -0.2) is 15.9 Å². The summed E-state index contributed by atoms with van der Waals surface area (Å²) in [6, 6.07) is 22.8. The van der Waals surface area contributed by atoms with Gasteiger partial charge in [-0.2, -0.15) is 18.3 Å². The molecule has 3 aromatic carbocycles. The lowest BCUT2D eigenvalue weighted by molar-refractivity contribution is -0.143. The van der Waals surface area contributed by atoms with E-state index >= 15 is 0 Å². The molecule has 4 rings (SSSR count). The number of ether oxygens (including phenoxy) is 1. The van der Waals surface area contributed by atoms with Crippen LogP contribution in [-0.2, 0) is 12.7 Å². The third kappa shape index (κ3) is 5.35. The zero-order valence-electron chi connectivity index (χ0n) is 17.0. The molecule has 0 spiro atoms. The molecule has 0 aliphatic carbocycles. The maximum Gasteiger partial charge on any atom is 0.437 e. The molecule has 0 radical (unpaired) electrons. The molecule has 0 unspecified atom stereocenters. The summed E-state index contributed by atoms with van der Waals surface area (Å²) in [6.07, 6.45) is -4.98. The van der Waals surface area contributed by atoms with E-state index in [4.69, 9.17) is 16.3 Å². The molecular weight excluding hydrogens is 455 g/mol. The van der Waals surface area contributed by atoms with E-state index in [0.717, 1.165) is 22.9 Å². The maximum absolute atomic E-state index is 13.7. The minimum atomic E-state index is -4.81. The molecule has 0 fully saturated rings. The van der Waals surface area contributed by atoms with Crippen LogP contribution < -0.4 is 10.1 Å². The minimum absolute atomic E-state index is 0.0756. The van der Waals surface area contributed by atoms with Crippen LogP contribution in [0.25, 0.3) is 16.8 Å². The van der Waals surface area contributed by atoms with E-state index in [2.05, 4.69) is 10.4 Å². The first-order chi connectivity index (χ1) is 15.8. The molecule has 1 N–H and O–H groups in total. The molecule has 0 bridgehead atoms. The van der Waals surface area contributed by atoms with Gasteiger partial charge in [0.2, 0.25) is 0 Å². The molecule has 0 aliphatic heterocycles. The number of rotatable bonds is 5. The minimum Gasteiger partial charge on any atom is -0.406 e. The summed E-state index contributed by atoms with van der Waals surface area (Å²) in [5.74, 6) is -0.701. The first kappa shape index (κ1) is 22.4. The average Bonchev–Trinajstić information content (AvgIpc) is 3.23. The van der Waals surface area contributed by atoms with E-state index < -0.39 is 23.7 Å². The van der Waals surface area contributed by atoms with E-state index in [0.29, 0.717) is 9.70 Å². The molecule has 0 aliphatic rings. The van der Waals surface area contributed by atoms with Gasteiger partial charge in [0.15, 0.2) is 11.4 Å². The number of benzene rings is 3. The van der Waals surface area contributed by atoms with Crippen LogP contribution in [0.5, 0.6) is 5.75 Å². The van der Waals surface area contributed by atoms with Crippen molar-refractivity contribution in [2.45, 2.75) is 12.7 Å². The quantitative estimate of drug-likeness (QED) is 0.361. The molecule has 0 atom stereocenters. The summed E-state index contributed by atoms with van der Waals surface area (Å²) in [6.45, 7) is 0.0756. The predicted octanol–water partition coefficient (Wildman–Crippen LogP) is 6.50. The van der Waals surface area contributed by atoms with Crippen molar-refractivity contribution in [2.24, 2.45) is 0 Å². The molecule has 1 heterocycles. The smallest absolute Gasteiger partial charge is 0.406 e. The normalized spacial score (nSPS) is 11.3. The van der Waals surface area contributed by atoms with Crippen molar-refractivity contribution in [3.8, 4) is 22.6 Å². The Kier molecular flexibility index (Phi) is 6.37. The van der Waals surface area contributed by atoms with E-state index in [1.165, 1.54) is 24.3 Å². The van der Waals surface area contributed by atoms with Crippen molar-refractivity contribution in [2.75, 3.05) is 0 Å². The Morgan fingerprint density at radius 3 is 2.36 bits per heavy atom. The summed E-state index contributed by atoms with van der Waals surface area (Å²) >= 11 is 5.80.